The molecule has 2 aromatic rings. The molecule has 1 unspecified atom stereocenters. The zero-order valence-corrected chi connectivity index (χ0v) is 30.7. The number of carboxylic acid groups (broad SMARTS) is 3. The van der Waals surface area contributed by atoms with Crippen molar-refractivity contribution < 1.29 is 53.7 Å². The van der Waals surface area contributed by atoms with Crippen LogP contribution < -0.4 is 21.3 Å². The van der Waals surface area contributed by atoms with Gasteiger partial charge in [-0.05, 0) is 61.4 Å². The minimum absolute atomic E-state index is 0.0323. The minimum Gasteiger partial charge on any atom is -0.481 e. The van der Waals surface area contributed by atoms with E-state index in [1.807, 2.05) is 19.1 Å². The molecule has 0 radical (unpaired) electrons. The monoisotopic (exact) mass is 752 g/mol. The summed E-state index contributed by atoms with van der Waals surface area (Å²) in [5.41, 5.74) is 2.60. The molecule has 0 spiro atoms. The summed E-state index contributed by atoms with van der Waals surface area (Å²) >= 11 is 0. The number of carbonyl (C=O) groups excluding carboxylic acids is 5. The molecule has 3 rings (SSSR count). The van der Waals surface area contributed by atoms with Crippen LogP contribution in [0.3, 0.4) is 0 Å². The lowest BCUT2D eigenvalue weighted by molar-refractivity contribution is -0.150. The lowest BCUT2D eigenvalue weighted by Crippen LogP contribution is -2.59. The molecule has 54 heavy (non-hydrogen) atoms. The first kappa shape index (κ1) is 42.4. The molecule has 17 nitrogen and oxygen atoms in total. The van der Waals surface area contributed by atoms with Gasteiger partial charge in [-0.15, -0.1) is 0 Å². The molecule has 2 aromatic carbocycles. The Hall–Kier alpha value is -6.00. The third kappa shape index (κ3) is 12.0. The van der Waals surface area contributed by atoms with E-state index in [-0.39, 0.29) is 19.4 Å². The van der Waals surface area contributed by atoms with Gasteiger partial charge in [-0.1, -0.05) is 50.6 Å². The van der Waals surface area contributed by atoms with Crippen molar-refractivity contribution in [1.82, 2.24) is 20.4 Å². The first-order valence-electron chi connectivity index (χ1n) is 17.6. The van der Waals surface area contributed by atoms with Gasteiger partial charge in [0.1, 0.15) is 24.2 Å². The van der Waals surface area contributed by atoms with E-state index in [1.54, 1.807) is 50.2 Å². The molecular formula is C37H48N6O11. The molecule has 1 aliphatic heterocycles. The Bertz CT molecular complexity index is 1720. The van der Waals surface area contributed by atoms with Gasteiger partial charge in [0, 0.05) is 31.4 Å². The van der Waals surface area contributed by atoms with E-state index < -0.39 is 96.9 Å². The maximum atomic E-state index is 13.8. The number of para-hydroxylation sites is 1. The van der Waals surface area contributed by atoms with Crippen LogP contribution in [0.25, 0.3) is 0 Å². The Labute approximate surface area is 312 Å². The van der Waals surface area contributed by atoms with E-state index >= 15 is 0 Å². The summed E-state index contributed by atoms with van der Waals surface area (Å²) in [6, 6.07) is 7.81. The van der Waals surface area contributed by atoms with Crippen LogP contribution in [0, 0.1) is 12.8 Å². The highest BCUT2D eigenvalue weighted by molar-refractivity contribution is 6.00. The third-order valence-electron chi connectivity index (χ3n) is 9.32. The summed E-state index contributed by atoms with van der Waals surface area (Å²) in [4.78, 5) is 104. The highest BCUT2D eigenvalue weighted by Gasteiger charge is 2.40. The SMILES string of the molecule is CCC(C)[C@@H](C(=O)N[C@@H](CCC(=O)O)C(=O)N[C@@H](CC(=O)O)C(=O)N1CCC[C@H]1C(=O)O)N(C)C(=O)Cc1ccc(NC(=O)Nc2ccccc2C)cc1. The van der Waals surface area contributed by atoms with Crippen molar-refractivity contribution in [3.8, 4) is 0 Å². The van der Waals surface area contributed by atoms with Gasteiger partial charge in [0.15, 0.2) is 0 Å². The van der Waals surface area contributed by atoms with Crippen molar-refractivity contribution in [2.75, 3.05) is 24.2 Å². The number of hydrogen-bond donors (Lipinski definition) is 7. The predicted octanol–water partition coefficient (Wildman–Crippen LogP) is 2.44. The van der Waals surface area contributed by atoms with Crippen molar-refractivity contribution >= 4 is 58.9 Å². The molecule has 0 aromatic heterocycles. The number of likely N-dealkylation sites (tertiary alicyclic amines) is 1. The van der Waals surface area contributed by atoms with Gasteiger partial charge < -0.3 is 46.4 Å². The van der Waals surface area contributed by atoms with E-state index in [4.69, 9.17) is 0 Å². The molecule has 1 fully saturated rings. The number of aliphatic carboxylic acids is 3. The summed E-state index contributed by atoms with van der Waals surface area (Å²) < 4.78 is 0. The highest BCUT2D eigenvalue weighted by atomic mass is 16.4. The summed E-state index contributed by atoms with van der Waals surface area (Å²) in [5.74, 6) is -7.69. The molecule has 5 atom stereocenters. The van der Waals surface area contributed by atoms with Crippen molar-refractivity contribution in [1.29, 1.82) is 0 Å². The molecule has 0 aliphatic carbocycles. The molecule has 0 bridgehead atoms. The Kier molecular flexibility index (Phi) is 15.5. The van der Waals surface area contributed by atoms with Crippen LogP contribution in [0.4, 0.5) is 16.2 Å². The highest BCUT2D eigenvalue weighted by Crippen LogP contribution is 2.21. The summed E-state index contributed by atoms with van der Waals surface area (Å²) in [7, 11) is 1.42. The zero-order valence-electron chi connectivity index (χ0n) is 30.7. The summed E-state index contributed by atoms with van der Waals surface area (Å²) in [6.45, 7) is 5.41. The second-order valence-electron chi connectivity index (χ2n) is 13.3. The number of amides is 6. The van der Waals surface area contributed by atoms with Crippen LogP contribution in [0.2, 0.25) is 0 Å². The molecule has 7 N–H and O–H groups in total. The van der Waals surface area contributed by atoms with E-state index in [9.17, 15) is 53.7 Å². The van der Waals surface area contributed by atoms with E-state index in [0.717, 1.165) is 10.5 Å². The number of hydrogen-bond acceptors (Lipinski definition) is 8. The van der Waals surface area contributed by atoms with E-state index in [1.165, 1.54) is 11.9 Å². The number of nitrogens with zero attached hydrogens (tertiary/aromatic N) is 2. The fourth-order valence-electron chi connectivity index (χ4n) is 6.13. The topological polar surface area (TPSA) is 252 Å². The number of rotatable bonds is 18. The van der Waals surface area contributed by atoms with Gasteiger partial charge in [-0.2, -0.15) is 0 Å². The van der Waals surface area contributed by atoms with Crippen molar-refractivity contribution in [3.63, 3.8) is 0 Å². The lowest BCUT2D eigenvalue weighted by Gasteiger charge is -2.33. The number of benzene rings is 2. The van der Waals surface area contributed by atoms with Gasteiger partial charge in [0.2, 0.25) is 23.6 Å². The average molecular weight is 753 g/mol. The standard InChI is InChI=1S/C37H48N6O11/c1-5-21(2)32(42(4)29(44)19-23-12-14-24(15-13-23)38-37(54)41-25-10-7-6-9-22(25)3)34(50)39-26(16-17-30(45)46)33(49)40-27(20-31(47)48)35(51)43-18-8-11-28(43)36(52)53/h6-7,9-10,12-15,21,26-28,32H,5,8,11,16-20H2,1-4H3,(H,39,50)(H,40,49)(H,45,46)(H,47,48)(H,52,53)(H2,38,41,54)/t21?,26-,27-,28-,32-/m0/s1. The molecule has 1 saturated heterocycles. The number of anilines is 2. The van der Waals surface area contributed by atoms with Crippen molar-refractivity contribution in [2.24, 2.45) is 5.92 Å². The van der Waals surface area contributed by atoms with Crippen LogP contribution in [0.5, 0.6) is 0 Å². The number of carbonyl (C=O) groups is 8. The lowest BCUT2D eigenvalue weighted by atomic mass is 9.95. The zero-order chi connectivity index (χ0) is 40.1. The average Bonchev–Trinajstić information content (AvgIpc) is 3.61. The second-order valence-corrected chi connectivity index (χ2v) is 13.3. The van der Waals surface area contributed by atoms with Crippen LogP contribution in [0.15, 0.2) is 48.5 Å². The van der Waals surface area contributed by atoms with E-state index in [0.29, 0.717) is 29.8 Å². The Morgan fingerprint density at radius 3 is 2.11 bits per heavy atom. The molecule has 0 saturated carbocycles. The Morgan fingerprint density at radius 2 is 1.52 bits per heavy atom. The molecule has 1 aliphatic rings. The first-order valence-corrected chi connectivity index (χ1v) is 17.6. The third-order valence-corrected chi connectivity index (χ3v) is 9.32. The number of urea groups is 1. The van der Waals surface area contributed by atoms with Gasteiger partial charge >= 0.3 is 23.9 Å². The first-order chi connectivity index (χ1) is 25.5. The molecule has 6 amide bonds. The summed E-state index contributed by atoms with van der Waals surface area (Å²) in [6.07, 6.45) is -1.10. The van der Waals surface area contributed by atoms with Crippen LogP contribution in [-0.2, 0) is 40.0 Å². The number of nitrogens with one attached hydrogen (secondary N) is 4. The normalized spacial score (nSPS) is 15.9. The van der Waals surface area contributed by atoms with Crippen LogP contribution in [-0.4, -0.2) is 110 Å². The van der Waals surface area contributed by atoms with Crippen molar-refractivity contribution in [2.45, 2.75) is 89.9 Å². The predicted molar refractivity (Wildman–Crippen MR) is 195 cm³/mol. The number of aryl methyl sites for hydroxylation is 1. The molecule has 17 heteroatoms. The Balaban J connectivity index is 1.73. The quantitative estimate of drug-likeness (QED) is 0.116. The van der Waals surface area contributed by atoms with Gasteiger partial charge in [0.25, 0.3) is 0 Å². The summed E-state index contributed by atoms with van der Waals surface area (Å²) in [5, 5.41) is 38.6. The number of likely N-dealkylation sites (N-methyl/N-ethyl adjacent to an activating group) is 1. The van der Waals surface area contributed by atoms with Gasteiger partial charge in [0.05, 0.1) is 12.8 Å². The Morgan fingerprint density at radius 1 is 0.870 bits per heavy atom. The van der Waals surface area contributed by atoms with Crippen LogP contribution >= 0.6 is 0 Å². The van der Waals surface area contributed by atoms with Crippen molar-refractivity contribution in [3.05, 3.63) is 59.7 Å². The fraction of sp³-hybridized carbons (Fsp3) is 0.459. The fourth-order valence-corrected chi connectivity index (χ4v) is 6.13. The largest absolute Gasteiger partial charge is 0.481 e. The second kappa shape index (κ2) is 19.7. The van der Waals surface area contributed by atoms with E-state index in [2.05, 4.69) is 21.3 Å². The van der Waals surface area contributed by atoms with Crippen LogP contribution in [0.1, 0.15) is 63.5 Å². The minimum atomic E-state index is -1.70. The molecule has 1 heterocycles. The van der Waals surface area contributed by atoms with Gasteiger partial charge in [-0.3, -0.25) is 28.8 Å². The maximum Gasteiger partial charge on any atom is 0.326 e. The van der Waals surface area contributed by atoms with Gasteiger partial charge in [-0.25, -0.2) is 9.59 Å². The smallest absolute Gasteiger partial charge is 0.326 e. The molecular weight excluding hydrogens is 704 g/mol. The number of carboxylic acids is 3. The molecule has 292 valence electrons. The maximum absolute atomic E-state index is 13.8.